The van der Waals surface area contributed by atoms with Crippen LogP contribution in [0.1, 0.15) is 56.6 Å². The van der Waals surface area contributed by atoms with E-state index in [2.05, 4.69) is 31.2 Å². The van der Waals surface area contributed by atoms with Crippen molar-refractivity contribution in [1.82, 2.24) is 0 Å². The van der Waals surface area contributed by atoms with Crippen LogP contribution in [0.4, 0.5) is 0 Å². The molecule has 2 aromatic carbocycles. The van der Waals surface area contributed by atoms with Gasteiger partial charge in [-0.2, -0.15) is 0 Å². The monoisotopic (exact) mass is 442 g/mol. The average Bonchev–Trinajstić information content (AvgIpc) is 2.61. The van der Waals surface area contributed by atoms with Crippen LogP contribution in [-0.2, 0) is 12.8 Å². The number of phenolic OH excluding ortho intramolecular Hbond substituents is 1. The molecule has 2 rings (SSSR count). The largest absolute Gasteiger partial charge is 0.508 e. The third-order valence-corrected chi connectivity index (χ3v) is 7.45. The quantitative estimate of drug-likeness (QED) is 0.211. The molecule has 1 nitrogen and oxygen atoms in total. The highest BCUT2D eigenvalue weighted by Crippen LogP contribution is 2.31. The van der Waals surface area contributed by atoms with Gasteiger partial charge in [-0.05, 0) is 66.1 Å². The highest BCUT2D eigenvalue weighted by molar-refractivity contribution is 7.64. The van der Waals surface area contributed by atoms with Crippen molar-refractivity contribution >= 4 is 39.2 Å². The summed E-state index contributed by atoms with van der Waals surface area (Å²) in [5.74, 6) is 0.281. The normalized spacial score (nSPS) is 11.7. The number of hydrogen-bond acceptors (Lipinski definition) is 1. The second kappa shape index (κ2) is 11.4. The Bertz CT molecular complexity index is 696. The number of rotatable bonds is 11. The minimum Gasteiger partial charge on any atom is -0.508 e. The van der Waals surface area contributed by atoms with Crippen LogP contribution in [0.2, 0.25) is 6.04 Å². The molecule has 0 aliphatic carbocycles. The van der Waals surface area contributed by atoms with Crippen LogP contribution in [0.15, 0.2) is 42.5 Å². The lowest BCUT2D eigenvalue weighted by Gasteiger charge is -2.13. The molecule has 27 heavy (non-hydrogen) atoms. The molecule has 0 atom stereocenters. The van der Waals surface area contributed by atoms with E-state index < -0.39 is 6.00 Å². The number of aryl methyl sites for hydroxylation is 2. The lowest BCUT2D eigenvalue weighted by atomic mass is 9.95. The second-order valence-corrected chi connectivity index (χ2v) is 16.4. The lowest BCUT2D eigenvalue weighted by molar-refractivity contribution is 0.474. The van der Waals surface area contributed by atoms with Crippen LogP contribution in [0.3, 0.4) is 0 Å². The zero-order chi connectivity index (χ0) is 19.7. The van der Waals surface area contributed by atoms with Crippen molar-refractivity contribution in [3.05, 3.63) is 53.6 Å². The first-order valence-electron chi connectivity index (χ1n) is 9.87. The number of hydrogen-bond donors (Lipinski definition) is 1. The smallest absolute Gasteiger partial charge is 0.341 e. The van der Waals surface area contributed by atoms with E-state index in [1.165, 1.54) is 43.2 Å². The van der Waals surface area contributed by atoms with E-state index in [9.17, 15) is 5.11 Å². The maximum atomic E-state index is 9.88. The first-order chi connectivity index (χ1) is 12.9. The zero-order valence-electron chi connectivity index (χ0n) is 16.0. The minimum atomic E-state index is -2.60. The van der Waals surface area contributed by atoms with Gasteiger partial charge in [0.2, 0.25) is 0 Å². The molecule has 0 aliphatic heterocycles. The van der Waals surface area contributed by atoms with Crippen LogP contribution in [0, 0.1) is 0 Å². The molecule has 0 amide bonds. The molecule has 0 spiro atoms. The van der Waals surface area contributed by atoms with Crippen LogP contribution in [-0.4, -0.2) is 11.1 Å². The van der Waals surface area contributed by atoms with Crippen molar-refractivity contribution in [2.45, 2.75) is 64.3 Å². The Balaban J connectivity index is 2.02. The summed E-state index contributed by atoms with van der Waals surface area (Å²) in [6.07, 6.45) is 9.27. The Morgan fingerprint density at radius 2 is 1.52 bits per heavy atom. The molecule has 0 heterocycles. The molecule has 2 aromatic rings. The third kappa shape index (κ3) is 8.47. The number of unbranched alkanes of at least 4 members (excludes halogenated alkanes) is 4. The standard InChI is InChI=1S/C22H29Cl3OSi/c1-2-3-4-5-6-8-18-10-12-19(13-11-18)22-15-14-21(26)17-20(22)9-7-16-27(23,24)25/h10-15,17,26H,2-9,16H2,1H3. The van der Waals surface area contributed by atoms with Crippen molar-refractivity contribution in [2.75, 3.05) is 0 Å². The van der Waals surface area contributed by atoms with E-state index >= 15 is 0 Å². The number of benzene rings is 2. The summed E-state index contributed by atoms with van der Waals surface area (Å²) in [6.45, 7) is 2.25. The van der Waals surface area contributed by atoms with Crippen molar-refractivity contribution in [2.24, 2.45) is 0 Å². The number of halogens is 3. The summed E-state index contributed by atoms with van der Waals surface area (Å²) >= 11 is 18.0. The zero-order valence-corrected chi connectivity index (χ0v) is 19.3. The Morgan fingerprint density at radius 3 is 2.19 bits per heavy atom. The molecule has 0 unspecified atom stereocenters. The number of aromatic hydroxyl groups is 1. The highest BCUT2D eigenvalue weighted by atomic mass is 35.8. The van der Waals surface area contributed by atoms with Crippen molar-refractivity contribution < 1.29 is 5.11 Å². The lowest BCUT2D eigenvalue weighted by Crippen LogP contribution is -2.08. The Morgan fingerprint density at radius 1 is 0.815 bits per heavy atom. The first kappa shape index (κ1) is 22.6. The molecule has 0 saturated carbocycles. The Hall–Kier alpha value is -0.673. The van der Waals surface area contributed by atoms with Crippen molar-refractivity contribution in [3.8, 4) is 16.9 Å². The molecular weight excluding hydrogens is 415 g/mol. The van der Waals surface area contributed by atoms with Crippen LogP contribution in [0.25, 0.3) is 11.1 Å². The van der Waals surface area contributed by atoms with Gasteiger partial charge in [0, 0.05) is 0 Å². The van der Waals surface area contributed by atoms with Gasteiger partial charge in [-0.15, -0.1) is 33.2 Å². The Labute approximate surface area is 178 Å². The van der Waals surface area contributed by atoms with Crippen LogP contribution >= 0.6 is 33.2 Å². The molecular formula is C22H29Cl3OSi. The van der Waals surface area contributed by atoms with E-state index in [4.69, 9.17) is 33.2 Å². The van der Waals surface area contributed by atoms with E-state index in [0.717, 1.165) is 30.4 Å². The molecule has 0 bridgehead atoms. The molecule has 1 N–H and O–H groups in total. The maximum absolute atomic E-state index is 9.88. The molecule has 148 valence electrons. The second-order valence-electron chi connectivity index (χ2n) is 7.17. The van der Waals surface area contributed by atoms with E-state index in [0.29, 0.717) is 6.04 Å². The summed E-state index contributed by atoms with van der Waals surface area (Å²) in [6, 6.07) is 12.4. The van der Waals surface area contributed by atoms with Gasteiger partial charge in [0.25, 0.3) is 0 Å². The van der Waals surface area contributed by atoms with Gasteiger partial charge in [-0.3, -0.25) is 0 Å². The maximum Gasteiger partial charge on any atom is 0.341 e. The molecule has 0 aromatic heterocycles. The van der Waals surface area contributed by atoms with E-state index in [1.807, 2.05) is 12.1 Å². The fraction of sp³-hybridized carbons (Fsp3) is 0.455. The predicted molar refractivity (Wildman–Crippen MR) is 122 cm³/mol. The van der Waals surface area contributed by atoms with E-state index in [-0.39, 0.29) is 5.75 Å². The van der Waals surface area contributed by atoms with Gasteiger partial charge in [0.05, 0.1) is 0 Å². The Kier molecular flexibility index (Phi) is 9.51. The topological polar surface area (TPSA) is 20.2 Å². The highest BCUT2D eigenvalue weighted by Gasteiger charge is 2.24. The van der Waals surface area contributed by atoms with Gasteiger partial charge in [-0.1, -0.05) is 62.9 Å². The van der Waals surface area contributed by atoms with E-state index in [1.54, 1.807) is 6.07 Å². The SMILES string of the molecule is CCCCCCCc1ccc(-c2ccc(O)cc2CCC[Si](Cl)(Cl)Cl)cc1. The van der Waals surface area contributed by atoms with Gasteiger partial charge < -0.3 is 5.11 Å². The molecule has 0 radical (unpaired) electrons. The minimum absolute atomic E-state index is 0.281. The average molecular weight is 444 g/mol. The molecule has 0 fully saturated rings. The van der Waals surface area contributed by atoms with Gasteiger partial charge in [0.15, 0.2) is 0 Å². The molecule has 5 heteroatoms. The first-order valence-corrected chi connectivity index (χ1v) is 15.1. The van der Waals surface area contributed by atoms with Crippen molar-refractivity contribution in [3.63, 3.8) is 0 Å². The van der Waals surface area contributed by atoms with Gasteiger partial charge in [-0.25, -0.2) is 0 Å². The number of phenols is 1. The summed E-state index contributed by atoms with van der Waals surface area (Å²) in [7, 11) is 0. The summed E-state index contributed by atoms with van der Waals surface area (Å²) in [4.78, 5) is 0. The summed E-state index contributed by atoms with van der Waals surface area (Å²) in [5, 5.41) is 9.88. The predicted octanol–water partition coefficient (Wildman–Crippen LogP) is 8.16. The van der Waals surface area contributed by atoms with Gasteiger partial charge in [0.1, 0.15) is 5.75 Å². The molecule has 0 saturated heterocycles. The fourth-order valence-corrected chi connectivity index (χ4v) is 5.11. The van der Waals surface area contributed by atoms with Crippen LogP contribution in [0.5, 0.6) is 5.75 Å². The van der Waals surface area contributed by atoms with Crippen LogP contribution < -0.4 is 0 Å². The fourth-order valence-electron chi connectivity index (χ4n) is 3.33. The molecule has 0 aliphatic rings. The van der Waals surface area contributed by atoms with Crippen molar-refractivity contribution in [1.29, 1.82) is 0 Å². The summed E-state index contributed by atoms with van der Waals surface area (Å²) in [5.41, 5.74) is 4.81. The third-order valence-electron chi connectivity index (χ3n) is 4.83. The summed E-state index contributed by atoms with van der Waals surface area (Å²) < 4.78 is 0. The van der Waals surface area contributed by atoms with Gasteiger partial charge >= 0.3 is 6.00 Å².